The minimum absolute atomic E-state index is 0.0173. The van der Waals surface area contributed by atoms with Crippen LogP contribution >= 0.6 is 0 Å². The van der Waals surface area contributed by atoms with Gasteiger partial charge in [0, 0.05) is 11.6 Å². The Bertz CT molecular complexity index is 243. The van der Waals surface area contributed by atoms with Gasteiger partial charge in [-0.15, -0.1) is 0 Å². The van der Waals surface area contributed by atoms with Crippen LogP contribution in [-0.2, 0) is 0 Å². The molecule has 86 valence electrons. The molecule has 4 aliphatic carbocycles. The Morgan fingerprint density at radius 1 is 1.13 bits per heavy atom. The van der Waals surface area contributed by atoms with Crippen LogP contribution in [0.25, 0.3) is 0 Å². The van der Waals surface area contributed by atoms with Gasteiger partial charge in [0.2, 0.25) is 0 Å². The van der Waals surface area contributed by atoms with Crippen molar-refractivity contribution in [2.45, 2.75) is 63.6 Å². The van der Waals surface area contributed by atoms with Crippen LogP contribution in [0.3, 0.4) is 0 Å². The molecule has 4 saturated carbocycles. The van der Waals surface area contributed by atoms with Gasteiger partial charge in [0.05, 0.1) is 6.10 Å². The number of rotatable bonds is 2. The fourth-order valence-corrected chi connectivity index (χ4v) is 4.79. The van der Waals surface area contributed by atoms with Crippen LogP contribution in [0.1, 0.15) is 46.0 Å². The lowest BCUT2D eigenvalue weighted by Gasteiger charge is -2.59. The molecule has 0 aliphatic heterocycles. The molecule has 2 atom stereocenters. The zero-order valence-electron chi connectivity index (χ0n) is 9.87. The average molecular weight is 209 g/mol. The summed E-state index contributed by atoms with van der Waals surface area (Å²) in [6, 6.07) is 0.582. The van der Waals surface area contributed by atoms with Gasteiger partial charge in [0.1, 0.15) is 0 Å². The maximum atomic E-state index is 10.1. The SMILES string of the molecule is CC(C)NC12CC3CC(C1)C(O)C(C3)C2. The number of aliphatic hydroxyl groups excluding tert-OH is 1. The van der Waals surface area contributed by atoms with Gasteiger partial charge in [-0.05, 0) is 49.9 Å². The second-order valence-electron chi connectivity index (χ2n) is 6.54. The van der Waals surface area contributed by atoms with E-state index in [0.717, 1.165) is 5.92 Å². The number of hydrogen-bond donors (Lipinski definition) is 2. The Balaban J connectivity index is 1.83. The Morgan fingerprint density at radius 2 is 1.73 bits per heavy atom. The maximum absolute atomic E-state index is 10.1. The summed E-state index contributed by atoms with van der Waals surface area (Å²) < 4.78 is 0. The van der Waals surface area contributed by atoms with Gasteiger partial charge in [-0.2, -0.15) is 0 Å². The summed E-state index contributed by atoms with van der Waals surface area (Å²) in [5, 5.41) is 13.9. The third-order valence-electron chi connectivity index (χ3n) is 4.82. The Hall–Kier alpha value is -0.0800. The van der Waals surface area contributed by atoms with Crippen LogP contribution in [0.2, 0.25) is 0 Å². The summed E-state index contributed by atoms with van der Waals surface area (Å²) in [5.41, 5.74) is 0.393. The second-order valence-corrected chi connectivity index (χ2v) is 6.54. The lowest BCUT2D eigenvalue weighted by atomic mass is 9.51. The van der Waals surface area contributed by atoms with E-state index in [9.17, 15) is 5.11 Å². The van der Waals surface area contributed by atoms with E-state index in [1.54, 1.807) is 0 Å². The molecule has 0 aromatic carbocycles. The van der Waals surface area contributed by atoms with E-state index in [1.807, 2.05) is 0 Å². The second kappa shape index (κ2) is 3.21. The maximum Gasteiger partial charge on any atom is 0.0598 e. The van der Waals surface area contributed by atoms with Gasteiger partial charge in [-0.3, -0.25) is 0 Å². The Kier molecular flexibility index (Phi) is 2.16. The lowest BCUT2D eigenvalue weighted by molar-refractivity contribution is -0.114. The molecule has 4 aliphatic rings. The smallest absolute Gasteiger partial charge is 0.0598 e. The van der Waals surface area contributed by atoms with Crippen LogP contribution in [0.5, 0.6) is 0 Å². The highest BCUT2D eigenvalue weighted by Crippen LogP contribution is 2.55. The lowest BCUT2D eigenvalue weighted by Crippen LogP contribution is -2.63. The summed E-state index contributed by atoms with van der Waals surface area (Å²) in [4.78, 5) is 0. The van der Waals surface area contributed by atoms with E-state index < -0.39 is 0 Å². The predicted molar refractivity (Wildman–Crippen MR) is 60.6 cm³/mol. The normalized spacial score (nSPS) is 52.8. The van der Waals surface area contributed by atoms with Crippen molar-refractivity contribution in [3.05, 3.63) is 0 Å². The fraction of sp³-hybridized carbons (Fsp3) is 1.00. The fourth-order valence-electron chi connectivity index (χ4n) is 4.79. The van der Waals surface area contributed by atoms with E-state index in [4.69, 9.17) is 0 Å². The minimum Gasteiger partial charge on any atom is -0.393 e. The Labute approximate surface area is 92.4 Å². The molecule has 0 heterocycles. The van der Waals surface area contributed by atoms with Gasteiger partial charge in [-0.25, -0.2) is 0 Å². The Morgan fingerprint density at radius 3 is 2.27 bits per heavy atom. The highest BCUT2D eigenvalue weighted by molar-refractivity contribution is 5.09. The third kappa shape index (κ3) is 1.53. The van der Waals surface area contributed by atoms with Crippen LogP contribution in [-0.4, -0.2) is 22.8 Å². The van der Waals surface area contributed by atoms with E-state index >= 15 is 0 Å². The molecule has 0 amide bonds. The van der Waals surface area contributed by atoms with Crippen molar-refractivity contribution < 1.29 is 5.11 Å². The summed E-state index contributed by atoms with van der Waals surface area (Å²) in [7, 11) is 0. The molecule has 2 heteroatoms. The number of aliphatic hydroxyl groups is 1. The molecular formula is C13H23NO. The summed E-state index contributed by atoms with van der Waals surface area (Å²) in [6.45, 7) is 4.49. The van der Waals surface area contributed by atoms with Crippen LogP contribution < -0.4 is 5.32 Å². The summed E-state index contributed by atoms with van der Waals surface area (Å²) >= 11 is 0. The van der Waals surface area contributed by atoms with Crippen molar-refractivity contribution in [2.24, 2.45) is 17.8 Å². The zero-order chi connectivity index (χ0) is 10.6. The number of nitrogens with one attached hydrogen (secondary N) is 1. The van der Waals surface area contributed by atoms with Crippen molar-refractivity contribution in [3.8, 4) is 0 Å². The van der Waals surface area contributed by atoms with Gasteiger partial charge in [0.15, 0.2) is 0 Å². The van der Waals surface area contributed by atoms with Crippen LogP contribution in [0.4, 0.5) is 0 Å². The van der Waals surface area contributed by atoms with Crippen molar-refractivity contribution >= 4 is 0 Å². The molecule has 15 heavy (non-hydrogen) atoms. The van der Waals surface area contributed by atoms with Crippen molar-refractivity contribution in [1.82, 2.24) is 5.32 Å². The van der Waals surface area contributed by atoms with E-state index in [1.165, 1.54) is 32.1 Å². The topological polar surface area (TPSA) is 32.3 Å². The largest absolute Gasteiger partial charge is 0.393 e. The van der Waals surface area contributed by atoms with E-state index in [2.05, 4.69) is 19.2 Å². The van der Waals surface area contributed by atoms with Gasteiger partial charge >= 0.3 is 0 Å². The molecule has 0 spiro atoms. The predicted octanol–water partition coefficient (Wildman–Crippen LogP) is 1.92. The van der Waals surface area contributed by atoms with Gasteiger partial charge in [-0.1, -0.05) is 13.8 Å². The third-order valence-corrected chi connectivity index (χ3v) is 4.82. The quantitative estimate of drug-likeness (QED) is 0.728. The van der Waals surface area contributed by atoms with E-state index in [0.29, 0.717) is 23.4 Å². The molecule has 0 aromatic heterocycles. The van der Waals surface area contributed by atoms with E-state index in [-0.39, 0.29) is 6.10 Å². The molecule has 0 aromatic rings. The highest BCUT2D eigenvalue weighted by atomic mass is 16.3. The summed E-state index contributed by atoms with van der Waals surface area (Å²) in [6.07, 6.45) is 6.41. The first-order valence-electron chi connectivity index (χ1n) is 6.54. The van der Waals surface area contributed by atoms with Crippen molar-refractivity contribution in [3.63, 3.8) is 0 Å². The molecule has 0 saturated heterocycles. The average Bonchev–Trinajstić information content (AvgIpc) is 2.10. The molecule has 4 fully saturated rings. The molecule has 2 unspecified atom stereocenters. The number of hydrogen-bond acceptors (Lipinski definition) is 2. The molecule has 2 nitrogen and oxygen atoms in total. The van der Waals surface area contributed by atoms with Gasteiger partial charge in [0.25, 0.3) is 0 Å². The molecule has 0 radical (unpaired) electrons. The van der Waals surface area contributed by atoms with Crippen LogP contribution in [0, 0.1) is 17.8 Å². The van der Waals surface area contributed by atoms with Gasteiger partial charge < -0.3 is 10.4 Å². The first-order valence-corrected chi connectivity index (χ1v) is 6.54. The van der Waals surface area contributed by atoms with Crippen LogP contribution in [0.15, 0.2) is 0 Å². The first-order chi connectivity index (χ1) is 7.08. The first kappa shape index (κ1) is 10.1. The van der Waals surface area contributed by atoms with Crippen molar-refractivity contribution in [2.75, 3.05) is 0 Å². The monoisotopic (exact) mass is 209 g/mol. The van der Waals surface area contributed by atoms with Crippen molar-refractivity contribution in [1.29, 1.82) is 0 Å². The molecule has 2 N–H and O–H groups in total. The molecular weight excluding hydrogens is 186 g/mol. The molecule has 4 bridgehead atoms. The standard InChI is InChI=1S/C13H23NO/c1-8(2)14-13-5-9-3-10(6-13)12(15)11(4-9)7-13/h8-12,14-15H,3-7H2,1-2H3. The zero-order valence-corrected chi connectivity index (χ0v) is 9.87. The highest BCUT2D eigenvalue weighted by Gasteiger charge is 2.54. The minimum atomic E-state index is 0.0173. The summed E-state index contributed by atoms with van der Waals surface area (Å²) in [5.74, 6) is 2.10. The molecule has 4 rings (SSSR count).